The fourth-order valence-electron chi connectivity index (χ4n) is 3.88. The number of carbonyl (C=O) groups excluding carboxylic acids is 1. The maximum absolute atomic E-state index is 12.8. The quantitative estimate of drug-likeness (QED) is 0.814. The molecular weight excluding hydrogens is 352 g/mol. The van der Waals surface area contributed by atoms with Crippen LogP contribution in [0.4, 0.5) is 0 Å². The molecule has 0 saturated carbocycles. The molecular formula is C20H21ClN2O3. The molecule has 0 aliphatic carbocycles. The second-order valence-corrected chi connectivity index (χ2v) is 7.35. The van der Waals surface area contributed by atoms with Crippen LogP contribution < -0.4 is 5.56 Å². The maximum atomic E-state index is 12.8. The molecule has 6 heteroatoms. The lowest BCUT2D eigenvalue weighted by molar-refractivity contribution is -0.136. The van der Waals surface area contributed by atoms with Crippen molar-refractivity contribution in [3.05, 3.63) is 57.0 Å². The summed E-state index contributed by atoms with van der Waals surface area (Å²) in [6, 6.07) is 9.26. The van der Waals surface area contributed by atoms with Gasteiger partial charge in [-0.1, -0.05) is 29.8 Å². The Hall–Kier alpha value is -2.11. The number of nitrogens with zero attached hydrogens (tertiary/aromatic N) is 2. The minimum absolute atomic E-state index is 0.0351. The minimum Gasteiger partial charge on any atom is -0.381 e. The molecule has 1 unspecified atom stereocenters. The number of halogens is 1. The molecule has 136 valence electrons. The fourth-order valence-corrected chi connectivity index (χ4v) is 4.11. The average molecular weight is 373 g/mol. The Morgan fingerprint density at radius 2 is 2.08 bits per heavy atom. The smallest absolute Gasteiger partial charge is 0.258 e. The zero-order valence-electron chi connectivity index (χ0n) is 14.7. The monoisotopic (exact) mass is 372 g/mol. The normalized spacial score (nSPS) is 19.5. The summed E-state index contributed by atoms with van der Waals surface area (Å²) >= 11 is 6.30. The first kappa shape index (κ1) is 17.3. The van der Waals surface area contributed by atoms with E-state index in [1.54, 1.807) is 17.7 Å². The van der Waals surface area contributed by atoms with E-state index in [2.05, 4.69) is 0 Å². The third kappa shape index (κ3) is 2.95. The Kier molecular flexibility index (Phi) is 4.59. The molecule has 26 heavy (non-hydrogen) atoms. The number of amides is 1. The summed E-state index contributed by atoms with van der Waals surface area (Å²) < 4.78 is 7.06. The van der Waals surface area contributed by atoms with E-state index in [1.165, 1.54) is 0 Å². The Bertz CT molecular complexity index is 916. The van der Waals surface area contributed by atoms with Crippen molar-refractivity contribution < 1.29 is 9.53 Å². The van der Waals surface area contributed by atoms with Gasteiger partial charge in [-0.05, 0) is 24.1 Å². The van der Waals surface area contributed by atoms with E-state index >= 15 is 0 Å². The lowest BCUT2D eigenvalue weighted by atomic mass is 9.98. The van der Waals surface area contributed by atoms with Crippen molar-refractivity contribution in [2.24, 2.45) is 13.0 Å². The molecule has 1 saturated heterocycles. The van der Waals surface area contributed by atoms with Gasteiger partial charge in [0.1, 0.15) is 0 Å². The third-order valence-electron chi connectivity index (χ3n) is 5.36. The molecule has 0 N–H and O–H groups in total. The van der Waals surface area contributed by atoms with Gasteiger partial charge in [0.2, 0.25) is 5.91 Å². The van der Waals surface area contributed by atoms with Crippen molar-refractivity contribution in [3.8, 4) is 11.1 Å². The summed E-state index contributed by atoms with van der Waals surface area (Å²) in [5.41, 5.74) is 3.26. The zero-order chi connectivity index (χ0) is 18.3. The highest BCUT2D eigenvalue weighted by molar-refractivity contribution is 6.33. The first-order valence-corrected chi connectivity index (χ1v) is 9.27. The summed E-state index contributed by atoms with van der Waals surface area (Å²) in [7, 11) is 1.80. The van der Waals surface area contributed by atoms with Gasteiger partial charge in [-0.25, -0.2) is 0 Å². The summed E-state index contributed by atoms with van der Waals surface area (Å²) in [4.78, 5) is 27.4. The van der Waals surface area contributed by atoms with Gasteiger partial charge in [0.15, 0.2) is 0 Å². The van der Waals surface area contributed by atoms with Crippen molar-refractivity contribution in [1.82, 2.24) is 9.47 Å². The molecule has 3 heterocycles. The number of rotatable bonds is 2. The van der Waals surface area contributed by atoms with Gasteiger partial charge < -0.3 is 14.2 Å². The molecule has 1 fully saturated rings. The number of aromatic nitrogens is 1. The SMILES string of the molecule is Cn1c2c(cc(-c3ccccc3Cl)c1=O)CN(C(=O)C1CCOC1)CC2. The van der Waals surface area contributed by atoms with E-state index in [0.29, 0.717) is 43.3 Å². The Morgan fingerprint density at radius 1 is 1.27 bits per heavy atom. The number of hydrogen-bond donors (Lipinski definition) is 0. The molecule has 0 bridgehead atoms. The van der Waals surface area contributed by atoms with Crippen molar-refractivity contribution in [2.45, 2.75) is 19.4 Å². The molecule has 4 rings (SSSR count). The van der Waals surface area contributed by atoms with Crippen LogP contribution in [0.25, 0.3) is 11.1 Å². The third-order valence-corrected chi connectivity index (χ3v) is 5.69. The van der Waals surface area contributed by atoms with Crippen LogP contribution in [0.1, 0.15) is 17.7 Å². The standard InChI is InChI=1S/C20H21ClN2O3/c1-22-18-6-8-23(19(24)13-7-9-26-12-13)11-14(18)10-16(20(22)25)15-4-2-3-5-17(15)21/h2-5,10,13H,6-9,11-12H2,1H3. The molecule has 0 spiro atoms. The predicted octanol–water partition coefficient (Wildman–Crippen LogP) is 2.63. The zero-order valence-corrected chi connectivity index (χ0v) is 15.5. The molecule has 2 aliphatic heterocycles. The first-order chi connectivity index (χ1) is 12.6. The highest BCUT2D eigenvalue weighted by Gasteiger charge is 2.31. The van der Waals surface area contributed by atoms with E-state index in [1.807, 2.05) is 29.2 Å². The summed E-state index contributed by atoms with van der Waals surface area (Å²) in [6.45, 7) is 2.34. The second kappa shape index (κ2) is 6.89. The second-order valence-electron chi connectivity index (χ2n) is 6.94. The van der Waals surface area contributed by atoms with Crippen molar-refractivity contribution >= 4 is 17.5 Å². The van der Waals surface area contributed by atoms with E-state index in [0.717, 1.165) is 23.2 Å². The topological polar surface area (TPSA) is 51.5 Å². The number of ether oxygens (including phenoxy) is 1. The Morgan fingerprint density at radius 3 is 2.81 bits per heavy atom. The van der Waals surface area contributed by atoms with Gasteiger partial charge in [-0.3, -0.25) is 9.59 Å². The Labute approximate surface area is 157 Å². The molecule has 0 radical (unpaired) electrons. The van der Waals surface area contributed by atoms with Gasteiger partial charge in [0, 0.05) is 55.0 Å². The highest BCUT2D eigenvalue weighted by atomic mass is 35.5. The summed E-state index contributed by atoms with van der Waals surface area (Å²) in [5, 5.41) is 0.552. The van der Waals surface area contributed by atoms with E-state index < -0.39 is 0 Å². The predicted molar refractivity (Wildman–Crippen MR) is 100 cm³/mol. The summed E-state index contributed by atoms with van der Waals surface area (Å²) in [6.07, 6.45) is 1.48. The number of pyridine rings is 1. The number of benzene rings is 1. The molecule has 5 nitrogen and oxygen atoms in total. The van der Waals surface area contributed by atoms with Crippen molar-refractivity contribution in [2.75, 3.05) is 19.8 Å². The molecule has 1 aromatic heterocycles. The fraction of sp³-hybridized carbons (Fsp3) is 0.400. The van der Waals surface area contributed by atoms with Crippen LogP contribution in [0, 0.1) is 5.92 Å². The van der Waals surface area contributed by atoms with Gasteiger partial charge in [0.25, 0.3) is 5.56 Å². The van der Waals surface area contributed by atoms with E-state index in [-0.39, 0.29) is 17.4 Å². The van der Waals surface area contributed by atoms with Crippen LogP contribution in [0.3, 0.4) is 0 Å². The molecule has 1 aromatic carbocycles. The van der Waals surface area contributed by atoms with E-state index in [9.17, 15) is 9.59 Å². The van der Waals surface area contributed by atoms with Crippen molar-refractivity contribution in [1.29, 1.82) is 0 Å². The lowest BCUT2D eigenvalue weighted by Gasteiger charge is -2.32. The number of hydrogen-bond acceptors (Lipinski definition) is 3. The van der Waals surface area contributed by atoms with Crippen LogP contribution in [-0.2, 0) is 29.5 Å². The highest BCUT2D eigenvalue weighted by Crippen LogP contribution is 2.29. The Balaban J connectivity index is 1.71. The van der Waals surface area contributed by atoms with Gasteiger partial charge in [-0.2, -0.15) is 0 Å². The van der Waals surface area contributed by atoms with Crippen LogP contribution in [0.2, 0.25) is 5.02 Å². The molecule has 2 aromatic rings. The largest absolute Gasteiger partial charge is 0.381 e. The van der Waals surface area contributed by atoms with Crippen LogP contribution in [0.15, 0.2) is 35.1 Å². The van der Waals surface area contributed by atoms with Gasteiger partial charge >= 0.3 is 0 Å². The van der Waals surface area contributed by atoms with Gasteiger partial charge in [-0.15, -0.1) is 0 Å². The van der Waals surface area contributed by atoms with Crippen LogP contribution >= 0.6 is 11.6 Å². The first-order valence-electron chi connectivity index (χ1n) is 8.89. The van der Waals surface area contributed by atoms with Crippen LogP contribution in [-0.4, -0.2) is 35.1 Å². The molecule has 1 amide bonds. The lowest BCUT2D eigenvalue weighted by Crippen LogP contribution is -2.42. The molecule has 2 aliphatic rings. The van der Waals surface area contributed by atoms with E-state index in [4.69, 9.17) is 16.3 Å². The minimum atomic E-state index is -0.0548. The average Bonchev–Trinajstić information content (AvgIpc) is 3.19. The number of fused-ring (bicyclic) bond motifs is 1. The van der Waals surface area contributed by atoms with Gasteiger partial charge in [0.05, 0.1) is 12.5 Å². The molecule has 1 atom stereocenters. The number of carbonyl (C=O) groups is 1. The van der Waals surface area contributed by atoms with Crippen LogP contribution in [0.5, 0.6) is 0 Å². The van der Waals surface area contributed by atoms with Crippen molar-refractivity contribution in [3.63, 3.8) is 0 Å². The maximum Gasteiger partial charge on any atom is 0.258 e. The summed E-state index contributed by atoms with van der Waals surface area (Å²) in [5.74, 6) is 0.119.